The van der Waals surface area contributed by atoms with E-state index in [2.05, 4.69) is 34.2 Å². The van der Waals surface area contributed by atoms with Crippen molar-refractivity contribution in [3.63, 3.8) is 0 Å². The molecule has 0 saturated heterocycles. The molecule has 0 bridgehead atoms. The van der Waals surface area contributed by atoms with Gasteiger partial charge in [-0.1, -0.05) is 36.2 Å². The van der Waals surface area contributed by atoms with Gasteiger partial charge in [-0.05, 0) is 37.4 Å². The summed E-state index contributed by atoms with van der Waals surface area (Å²) in [5.74, 6) is -0.371. The van der Waals surface area contributed by atoms with Crippen LogP contribution in [0.5, 0.6) is 0 Å². The highest BCUT2D eigenvalue weighted by molar-refractivity contribution is 8.00. The van der Waals surface area contributed by atoms with Crippen molar-refractivity contribution >= 4 is 34.8 Å². The molecule has 0 spiro atoms. The molecule has 1 heterocycles. The molecule has 0 aliphatic heterocycles. The number of allylic oxidation sites excluding steroid dienone is 1. The first kappa shape index (κ1) is 16.7. The van der Waals surface area contributed by atoms with E-state index in [0.717, 1.165) is 16.1 Å². The molecule has 6 heteroatoms. The smallest absolute Gasteiger partial charge is 0.357 e. The maximum absolute atomic E-state index is 11.6. The number of benzene rings is 1. The predicted molar refractivity (Wildman–Crippen MR) is 93.8 cm³/mol. The molecule has 1 aromatic carbocycles. The molecule has 2 rings (SSSR count). The quantitative estimate of drug-likeness (QED) is 0.633. The Bertz CT molecular complexity index is 663. The number of carbonyl (C=O) groups excluding carboxylic acids is 1. The van der Waals surface area contributed by atoms with E-state index in [4.69, 9.17) is 4.74 Å². The summed E-state index contributed by atoms with van der Waals surface area (Å²) in [5, 5.41) is 4.62. The number of nitrogens with one attached hydrogen (secondary N) is 1. The summed E-state index contributed by atoms with van der Waals surface area (Å²) in [7, 11) is 1.89. The molecule has 1 aromatic heterocycles. The number of aromatic nitrogens is 1. The van der Waals surface area contributed by atoms with Crippen LogP contribution in [0, 0.1) is 0 Å². The summed E-state index contributed by atoms with van der Waals surface area (Å²) >= 11 is 2.99. The van der Waals surface area contributed by atoms with Gasteiger partial charge < -0.3 is 4.74 Å². The Labute approximate surface area is 138 Å². The van der Waals surface area contributed by atoms with Gasteiger partial charge in [0.15, 0.2) is 5.69 Å². The number of esters is 1. The van der Waals surface area contributed by atoms with Crippen molar-refractivity contribution in [2.75, 3.05) is 13.7 Å². The highest BCUT2D eigenvalue weighted by Gasteiger charge is 2.12. The summed E-state index contributed by atoms with van der Waals surface area (Å²) in [6.07, 6.45) is 0. The predicted octanol–water partition coefficient (Wildman–Crippen LogP) is 4.22. The molecule has 0 amide bonds. The summed E-state index contributed by atoms with van der Waals surface area (Å²) in [5.41, 5.74) is 3.72. The zero-order valence-electron chi connectivity index (χ0n) is 12.8. The fourth-order valence-corrected chi connectivity index (χ4v) is 3.02. The third kappa shape index (κ3) is 4.19. The van der Waals surface area contributed by atoms with Gasteiger partial charge in [0, 0.05) is 10.9 Å². The van der Waals surface area contributed by atoms with Gasteiger partial charge in [0.05, 0.1) is 6.61 Å². The van der Waals surface area contributed by atoms with E-state index in [9.17, 15) is 4.79 Å². The third-order valence-electron chi connectivity index (χ3n) is 2.93. The van der Waals surface area contributed by atoms with Crippen LogP contribution in [-0.4, -0.2) is 24.6 Å². The fourth-order valence-electron chi connectivity index (χ4n) is 1.80. The minimum Gasteiger partial charge on any atom is -0.461 e. The molecule has 22 heavy (non-hydrogen) atoms. The van der Waals surface area contributed by atoms with Crippen molar-refractivity contribution in [3.8, 4) is 10.6 Å². The molecule has 2 aromatic rings. The van der Waals surface area contributed by atoms with Crippen LogP contribution in [0.25, 0.3) is 16.1 Å². The normalized spacial score (nSPS) is 11.5. The summed E-state index contributed by atoms with van der Waals surface area (Å²) in [6.45, 7) is 4.21. The van der Waals surface area contributed by atoms with Crippen LogP contribution in [-0.2, 0) is 4.74 Å². The largest absolute Gasteiger partial charge is 0.461 e. The molecule has 0 radical (unpaired) electrons. The first-order chi connectivity index (χ1) is 10.7. The average Bonchev–Trinajstić information content (AvgIpc) is 3.03. The van der Waals surface area contributed by atoms with Gasteiger partial charge in [0.25, 0.3) is 0 Å². The second-order valence-electron chi connectivity index (χ2n) is 4.46. The van der Waals surface area contributed by atoms with Gasteiger partial charge >= 0.3 is 5.97 Å². The maximum atomic E-state index is 11.6. The maximum Gasteiger partial charge on any atom is 0.357 e. The minimum absolute atomic E-state index is 0.358. The molecule has 0 aliphatic carbocycles. The van der Waals surface area contributed by atoms with Crippen LogP contribution in [0.15, 0.2) is 35.1 Å². The zero-order chi connectivity index (χ0) is 15.9. The Balaban J connectivity index is 2.15. The van der Waals surface area contributed by atoms with Crippen LogP contribution >= 0.6 is 23.3 Å². The van der Waals surface area contributed by atoms with Gasteiger partial charge in [-0.15, -0.1) is 11.3 Å². The Hall–Kier alpha value is -1.63. The summed E-state index contributed by atoms with van der Waals surface area (Å²) in [6, 6.07) is 8.15. The number of carbonyl (C=O) groups is 1. The van der Waals surface area contributed by atoms with E-state index >= 15 is 0 Å². The van der Waals surface area contributed by atoms with Gasteiger partial charge in [0.1, 0.15) is 5.01 Å². The van der Waals surface area contributed by atoms with Gasteiger partial charge in [-0.3, -0.25) is 4.72 Å². The van der Waals surface area contributed by atoms with E-state index in [1.165, 1.54) is 16.9 Å². The number of thiazole rings is 1. The molecule has 1 N–H and O–H groups in total. The Morgan fingerprint density at radius 1 is 1.41 bits per heavy atom. The molecular weight excluding hydrogens is 316 g/mol. The molecule has 0 unspecified atom stereocenters. The van der Waals surface area contributed by atoms with Gasteiger partial charge in [-0.25, -0.2) is 9.78 Å². The minimum atomic E-state index is -0.371. The van der Waals surface area contributed by atoms with Crippen LogP contribution in [0.2, 0.25) is 0 Å². The van der Waals surface area contributed by atoms with Crippen molar-refractivity contribution < 1.29 is 9.53 Å². The van der Waals surface area contributed by atoms with Crippen molar-refractivity contribution in [1.82, 2.24) is 9.71 Å². The highest BCUT2D eigenvalue weighted by atomic mass is 32.2. The Morgan fingerprint density at radius 3 is 2.77 bits per heavy atom. The first-order valence-corrected chi connectivity index (χ1v) is 8.64. The summed E-state index contributed by atoms with van der Waals surface area (Å²) < 4.78 is 7.97. The second kappa shape index (κ2) is 8.12. The van der Waals surface area contributed by atoms with E-state index < -0.39 is 0 Å². The van der Waals surface area contributed by atoms with Crippen molar-refractivity contribution in [2.45, 2.75) is 13.8 Å². The van der Waals surface area contributed by atoms with Crippen LogP contribution in [0.1, 0.15) is 29.9 Å². The number of ether oxygens (including phenoxy) is 1. The summed E-state index contributed by atoms with van der Waals surface area (Å²) in [4.78, 5) is 16.0. The van der Waals surface area contributed by atoms with E-state index in [0.29, 0.717) is 12.3 Å². The van der Waals surface area contributed by atoms with Gasteiger partial charge in [0.2, 0.25) is 0 Å². The van der Waals surface area contributed by atoms with Crippen LogP contribution in [0.4, 0.5) is 0 Å². The lowest BCUT2D eigenvalue weighted by Crippen LogP contribution is -2.04. The zero-order valence-corrected chi connectivity index (χ0v) is 14.4. The van der Waals surface area contributed by atoms with Crippen molar-refractivity contribution in [3.05, 3.63) is 46.3 Å². The monoisotopic (exact) mass is 334 g/mol. The van der Waals surface area contributed by atoms with E-state index in [-0.39, 0.29) is 5.97 Å². The molecular formula is C16H18N2O2S2. The topological polar surface area (TPSA) is 51.2 Å². The van der Waals surface area contributed by atoms with Gasteiger partial charge in [-0.2, -0.15) is 0 Å². The van der Waals surface area contributed by atoms with E-state index in [1.807, 2.05) is 19.2 Å². The Kier molecular flexibility index (Phi) is 6.18. The molecule has 0 fully saturated rings. The molecule has 0 aliphatic rings. The number of rotatable bonds is 6. The highest BCUT2D eigenvalue weighted by Crippen LogP contribution is 2.26. The molecule has 116 valence electrons. The molecule has 0 atom stereocenters. The standard InChI is InChI=1S/C16H18N2O2S2/c1-4-20-16(19)14-10-21-15(18-14)13-7-5-12(6-8-13)11(2)9-22-17-3/h5-10,17H,4H2,1-3H3/b11-9+. The van der Waals surface area contributed by atoms with Crippen LogP contribution < -0.4 is 4.72 Å². The average molecular weight is 334 g/mol. The molecule has 4 nitrogen and oxygen atoms in total. The van der Waals surface area contributed by atoms with E-state index in [1.54, 1.807) is 24.3 Å². The lowest BCUT2D eigenvalue weighted by molar-refractivity contribution is 0.0520. The molecule has 0 saturated carbocycles. The van der Waals surface area contributed by atoms with Crippen molar-refractivity contribution in [2.24, 2.45) is 0 Å². The lowest BCUT2D eigenvalue weighted by atomic mass is 10.1. The SMILES string of the molecule is CCOC(=O)c1csc(-c2ccc(/C(C)=C/SNC)cc2)n1. The third-order valence-corrected chi connectivity index (χ3v) is 4.53. The second-order valence-corrected chi connectivity index (χ2v) is 6.20. The first-order valence-electron chi connectivity index (χ1n) is 6.88. The number of nitrogens with zero attached hydrogens (tertiary/aromatic N) is 1. The number of hydrogen-bond acceptors (Lipinski definition) is 6. The Morgan fingerprint density at radius 2 is 2.14 bits per heavy atom. The number of hydrogen-bond donors (Lipinski definition) is 1. The lowest BCUT2D eigenvalue weighted by Gasteiger charge is -2.03. The van der Waals surface area contributed by atoms with Crippen LogP contribution in [0.3, 0.4) is 0 Å². The fraction of sp³-hybridized carbons (Fsp3) is 0.250. The van der Waals surface area contributed by atoms with Crippen molar-refractivity contribution in [1.29, 1.82) is 0 Å².